The normalized spacial score (nSPS) is 12.8. The largest absolute Gasteiger partial charge is 0.483 e. The zero-order valence-corrected chi connectivity index (χ0v) is 16.9. The van der Waals surface area contributed by atoms with E-state index in [1.165, 1.54) is 36.7 Å². The van der Waals surface area contributed by atoms with E-state index in [4.69, 9.17) is 21.1 Å². The Labute approximate surface area is 184 Å². The maximum absolute atomic E-state index is 12.8. The summed E-state index contributed by atoms with van der Waals surface area (Å²) in [7, 11) is 0. The standard InChI is InChI=1S/C20H15ClF3N5O3/c21-14-9-13(29-19(30)28-12-3-1-2-11(8-12)20(22,23)24)4-5-15(14)32-18-16-17(26-10-27-18)25-6-7-31-16/h1-5,8-10H,6-7H2,(H,25,26,27)(H2,28,29,30). The van der Waals surface area contributed by atoms with Gasteiger partial charge in [-0.2, -0.15) is 18.2 Å². The number of anilines is 3. The van der Waals surface area contributed by atoms with Gasteiger partial charge in [-0.15, -0.1) is 0 Å². The molecule has 1 aliphatic heterocycles. The Morgan fingerprint density at radius 1 is 1.12 bits per heavy atom. The smallest absolute Gasteiger partial charge is 0.416 e. The molecule has 12 heteroatoms. The van der Waals surface area contributed by atoms with Crippen LogP contribution >= 0.6 is 11.6 Å². The van der Waals surface area contributed by atoms with Crippen molar-refractivity contribution in [1.29, 1.82) is 0 Å². The Hall–Kier alpha value is -3.73. The highest BCUT2D eigenvalue weighted by molar-refractivity contribution is 6.32. The topological polar surface area (TPSA) is 97.4 Å². The molecule has 0 radical (unpaired) electrons. The average molecular weight is 466 g/mol. The van der Waals surface area contributed by atoms with Crippen LogP contribution in [0.25, 0.3) is 0 Å². The number of hydrogen-bond donors (Lipinski definition) is 3. The van der Waals surface area contributed by atoms with E-state index in [0.29, 0.717) is 30.4 Å². The van der Waals surface area contributed by atoms with E-state index in [-0.39, 0.29) is 22.3 Å². The molecule has 0 bridgehead atoms. The first-order valence-corrected chi connectivity index (χ1v) is 9.62. The fourth-order valence-corrected chi connectivity index (χ4v) is 3.06. The predicted octanol–water partition coefficient (Wildman–Crippen LogP) is 5.39. The van der Waals surface area contributed by atoms with Gasteiger partial charge in [0.05, 0.1) is 17.1 Å². The van der Waals surface area contributed by atoms with E-state index >= 15 is 0 Å². The van der Waals surface area contributed by atoms with E-state index in [2.05, 4.69) is 25.9 Å². The Bertz CT molecular complexity index is 1160. The highest BCUT2D eigenvalue weighted by Gasteiger charge is 2.30. The molecule has 0 atom stereocenters. The van der Waals surface area contributed by atoms with Gasteiger partial charge in [0.2, 0.25) is 5.75 Å². The first-order chi connectivity index (χ1) is 15.3. The lowest BCUT2D eigenvalue weighted by Gasteiger charge is -2.19. The van der Waals surface area contributed by atoms with Gasteiger partial charge in [-0.3, -0.25) is 0 Å². The number of amides is 2. The van der Waals surface area contributed by atoms with E-state index in [1.54, 1.807) is 0 Å². The van der Waals surface area contributed by atoms with Gasteiger partial charge in [-0.05, 0) is 36.4 Å². The molecule has 32 heavy (non-hydrogen) atoms. The van der Waals surface area contributed by atoms with Gasteiger partial charge in [-0.25, -0.2) is 9.78 Å². The minimum absolute atomic E-state index is 0.00878. The predicted molar refractivity (Wildman–Crippen MR) is 112 cm³/mol. The molecule has 166 valence electrons. The van der Waals surface area contributed by atoms with E-state index in [0.717, 1.165) is 12.1 Å². The summed E-state index contributed by atoms with van der Waals surface area (Å²) in [6.45, 7) is 1.03. The number of ether oxygens (including phenoxy) is 2. The number of carbonyl (C=O) groups is 1. The van der Waals surface area contributed by atoms with Gasteiger partial charge in [0, 0.05) is 11.4 Å². The quantitative estimate of drug-likeness (QED) is 0.478. The second-order valence-electron chi connectivity index (χ2n) is 6.54. The number of urea groups is 1. The Kier molecular flexibility index (Phi) is 5.91. The molecule has 0 fully saturated rings. The molecule has 1 aliphatic rings. The van der Waals surface area contributed by atoms with Gasteiger partial charge in [0.15, 0.2) is 5.82 Å². The van der Waals surface area contributed by atoms with Gasteiger partial charge < -0.3 is 25.4 Å². The molecule has 2 aromatic carbocycles. The molecular formula is C20H15ClF3N5O3. The summed E-state index contributed by atoms with van der Waals surface area (Å²) in [5.74, 6) is 1.29. The second kappa shape index (κ2) is 8.79. The SMILES string of the molecule is O=C(Nc1cccc(C(F)(F)F)c1)Nc1ccc(Oc2ncnc3c2OCCN3)c(Cl)c1. The zero-order valence-electron chi connectivity index (χ0n) is 16.2. The summed E-state index contributed by atoms with van der Waals surface area (Å²) in [5.41, 5.74) is -0.578. The lowest BCUT2D eigenvalue weighted by Crippen LogP contribution is -2.20. The van der Waals surface area contributed by atoms with Crippen LogP contribution in [0.4, 0.5) is 35.2 Å². The first-order valence-electron chi connectivity index (χ1n) is 9.24. The Balaban J connectivity index is 1.43. The second-order valence-corrected chi connectivity index (χ2v) is 6.94. The fourth-order valence-electron chi connectivity index (χ4n) is 2.84. The summed E-state index contributed by atoms with van der Waals surface area (Å²) in [5, 5.41) is 8.07. The summed E-state index contributed by atoms with van der Waals surface area (Å²) >= 11 is 6.26. The van der Waals surface area contributed by atoms with Crippen molar-refractivity contribution < 1.29 is 27.4 Å². The molecule has 0 saturated heterocycles. The number of alkyl halides is 3. The molecule has 0 spiro atoms. The van der Waals surface area contributed by atoms with Crippen LogP contribution < -0.4 is 25.4 Å². The number of carbonyl (C=O) groups excluding carboxylic acids is 1. The summed E-state index contributed by atoms with van der Waals surface area (Å²) < 4.78 is 49.7. The van der Waals surface area contributed by atoms with Gasteiger partial charge >= 0.3 is 12.2 Å². The Morgan fingerprint density at radius 3 is 2.66 bits per heavy atom. The number of hydrogen-bond acceptors (Lipinski definition) is 6. The molecule has 4 rings (SSSR count). The van der Waals surface area contributed by atoms with E-state index in [1.807, 2.05) is 0 Å². The van der Waals surface area contributed by atoms with Crippen LogP contribution in [0.5, 0.6) is 17.4 Å². The number of rotatable bonds is 4. The minimum Gasteiger partial charge on any atom is -0.483 e. The highest BCUT2D eigenvalue weighted by Crippen LogP contribution is 2.38. The van der Waals surface area contributed by atoms with Gasteiger partial charge in [0.25, 0.3) is 5.88 Å². The van der Waals surface area contributed by atoms with Crippen LogP contribution in [0.2, 0.25) is 5.02 Å². The van der Waals surface area contributed by atoms with E-state index < -0.39 is 17.8 Å². The number of benzene rings is 2. The molecule has 1 aromatic heterocycles. The summed E-state index contributed by atoms with van der Waals surface area (Å²) in [6.07, 6.45) is -3.20. The van der Waals surface area contributed by atoms with Crippen LogP contribution in [0.1, 0.15) is 5.56 Å². The van der Waals surface area contributed by atoms with Crippen LogP contribution in [0, 0.1) is 0 Å². The lowest BCUT2D eigenvalue weighted by molar-refractivity contribution is -0.137. The number of nitrogens with zero attached hydrogens (tertiary/aromatic N) is 2. The Morgan fingerprint density at radius 2 is 1.91 bits per heavy atom. The van der Waals surface area contributed by atoms with Gasteiger partial charge in [0.1, 0.15) is 18.7 Å². The van der Waals surface area contributed by atoms with E-state index in [9.17, 15) is 18.0 Å². The molecule has 0 unspecified atom stereocenters. The van der Waals surface area contributed by atoms with Crippen molar-refractivity contribution >= 4 is 34.8 Å². The third-order valence-corrected chi connectivity index (χ3v) is 4.55. The number of aromatic nitrogens is 2. The van der Waals surface area contributed by atoms with Gasteiger partial charge in [-0.1, -0.05) is 17.7 Å². The maximum Gasteiger partial charge on any atom is 0.416 e. The minimum atomic E-state index is -4.51. The van der Waals surface area contributed by atoms with Crippen LogP contribution in [-0.4, -0.2) is 29.2 Å². The fraction of sp³-hybridized carbons (Fsp3) is 0.150. The van der Waals surface area contributed by atoms with Crippen LogP contribution in [0.15, 0.2) is 48.8 Å². The molecule has 0 saturated carbocycles. The van der Waals surface area contributed by atoms with Crippen LogP contribution in [-0.2, 0) is 6.18 Å². The maximum atomic E-state index is 12.8. The van der Waals surface area contributed by atoms with Crippen molar-refractivity contribution in [3.8, 4) is 17.4 Å². The molecule has 3 aromatic rings. The molecule has 3 N–H and O–H groups in total. The summed E-state index contributed by atoms with van der Waals surface area (Å²) in [6, 6.07) is 8.01. The lowest BCUT2D eigenvalue weighted by atomic mass is 10.2. The molecule has 8 nitrogen and oxygen atoms in total. The highest BCUT2D eigenvalue weighted by atomic mass is 35.5. The molecular weight excluding hydrogens is 451 g/mol. The van der Waals surface area contributed by atoms with Crippen molar-refractivity contribution in [2.45, 2.75) is 6.18 Å². The van der Waals surface area contributed by atoms with Crippen LogP contribution in [0.3, 0.4) is 0 Å². The third-order valence-electron chi connectivity index (χ3n) is 4.26. The van der Waals surface area contributed by atoms with Crippen molar-refractivity contribution in [2.75, 3.05) is 29.1 Å². The molecule has 2 heterocycles. The van der Waals surface area contributed by atoms with Crippen molar-refractivity contribution in [3.05, 3.63) is 59.4 Å². The first kappa shape index (κ1) is 21.5. The van der Waals surface area contributed by atoms with Crippen molar-refractivity contribution in [2.24, 2.45) is 0 Å². The summed E-state index contributed by atoms with van der Waals surface area (Å²) in [4.78, 5) is 20.3. The molecule has 2 amide bonds. The zero-order chi connectivity index (χ0) is 22.7. The number of halogens is 4. The van der Waals surface area contributed by atoms with Crippen molar-refractivity contribution in [1.82, 2.24) is 9.97 Å². The number of nitrogens with one attached hydrogen (secondary N) is 3. The van der Waals surface area contributed by atoms with Crippen molar-refractivity contribution in [3.63, 3.8) is 0 Å². The molecule has 0 aliphatic carbocycles. The monoisotopic (exact) mass is 465 g/mol. The average Bonchev–Trinajstić information content (AvgIpc) is 2.75. The third kappa shape index (κ3) is 4.94. The number of fused-ring (bicyclic) bond motifs is 1.